The van der Waals surface area contributed by atoms with Crippen LogP contribution in [0.15, 0.2) is 4.42 Å². The second-order valence-corrected chi connectivity index (χ2v) is 8.50. The number of aromatic nitrogens is 1. The van der Waals surface area contributed by atoms with Crippen LogP contribution in [-0.2, 0) is 0 Å². The molecule has 0 aromatic carbocycles. The van der Waals surface area contributed by atoms with E-state index in [2.05, 4.69) is 10.3 Å². The van der Waals surface area contributed by atoms with E-state index in [-0.39, 0.29) is 17.9 Å². The summed E-state index contributed by atoms with van der Waals surface area (Å²) in [6.07, 6.45) is 9.72. The number of nitrogens with zero attached hydrogens (tertiary/aromatic N) is 3. The highest BCUT2D eigenvalue weighted by atomic mass is 16.4. The molecule has 0 unspecified atom stereocenters. The van der Waals surface area contributed by atoms with Gasteiger partial charge in [-0.05, 0) is 45.4 Å². The number of carbonyl (C=O) groups is 2. The van der Waals surface area contributed by atoms with Crippen molar-refractivity contribution in [2.45, 2.75) is 76.7 Å². The number of aryl methyl sites for hydroxylation is 1. The van der Waals surface area contributed by atoms with Gasteiger partial charge in [-0.1, -0.05) is 19.3 Å². The number of rotatable bonds is 3. The van der Waals surface area contributed by atoms with E-state index in [0.29, 0.717) is 36.5 Å². The number of nitrogens with one attached hydrogen (secondary N) is 1. The third-order valence-corrected chi connectivity index (χ3v) is 6.47. The van der Waals surface area contributed by atoms with Crippen LogP contribution < -0.4 is 5.32 Å². The van der Waals surface area contributed by atoms with Crippen LogP contribution in [-0.4, -0.2) is 58.9 Å². The van der Waals surface area contributed by atoms with Crippen molar-refractivity contribution < 1.29 is 14.0 Å². The van der Waals surface area contributed by atoms with E-state index in [9.17, 15) is 9.59 Å². The Balaban J connectivity index is 1.31. The van der Waals surface area contributed by atoms with Gasteiger partial charge >= 0.3 is 6.03 Å². The van der Waals surface area contributed by atoms with Gasteiger partial charge in [-0.25, -0.2) is 9.78 Å². The minimum absolute atomic E-state index is 0.00528. The van der Waals surface area contributed by atoms with E-state index in [1.54, 1.807) is 0 Å². The van der Waals surface area contributed by atoms with Crippen LogP contribution in [0.4, 0.5) is 4.79 Å². The van der Waals surface area contributed by atoms with E-state index >= 15 is 0 Å². The van der Waals surface area contributed by atoms with E-state index in [0.717, 1.165) is 51.6 Å². The van der Waals surface area contributed by atoms with Crippen LogP contribution >= 0.6 is 0 Å². The third kappa shape index (κ3) is 4.18. The summed E-state index contributed by atoms with van der Waals surface area (Å²) < 4.78 is 5.87. The lowest BCUT2D eigenvalue weighted by molar-refractivity contribution is 0.0786. The van der Waals surface area contributed by atoms with E-state index in [1.807, 2.05) is 16.7 Å². The zero-order valence-corrected chi connectivity index (χ0v) is 16.9. The number of hydrogen-bond donors (Lipinski definition) is 1. The first-order chi connectivity index (χ1) is 13.6. The van der Waals surface area contributed by atoms with E-state index in [1.165, 1.54) is 19.3 Å². The first-order valence-electron chi connectivity index (χ1n) is 10.9. The van der Waals surface area contributed by atoms with Crippen LogP contribution in [0, 0.1) is 6.92 Å². The summed E-state index contributed by atoms with van der Waals surface area (Å²) in [7, 11) is 0. The maximum atomic E-state index is 12.6. The highest BCUT2D eigenvalue weighted by Gasteiger charge is 2.31. The number of urea groups is 1. The standard InChI is InChI=1S/C21H32N4O3/c1-15-18(20(26)24-11-5-6-12-24)23-19(28-15)16-9-13-25(14-10-16)21(27)22-17-7-3-2-4-8-17/h16-17H,2-14H2,1H3,(H,22,27). The summed E-state index contributed by atoms with van der Waals surface area (Å²) in [5.41, 5.74) is 0.467. The molecule has 2 aliphatic heterocycles. The van der Waals surface area contributed by atoms with Crippen molar-refractivity contribution in [3.8, 4) is 0 Å². The summed E-state index contributed by atoms with van der Waals surface area (Å²) >= 11 is 0. The number of hydrogen-bond acceptors (Lipinski definition) is 4. The fourth-order valence-electron chi connectivity index (χ4n) is 4.70. The van der Waals surface area contributed by atoms with Gasteiger partial charge < -0.3 is 19.5 Å². The molecule has 7 nitrogen and oxygen atoms in total. The van der Waals surface area contributed by atoms with Gasteiger partial charge in [-0.2, -0.15) is 0 Å². The maximum Gasteiger partial charge on any atom is 0.317 e. The molecule has 154 valence electrons. The molecule has 0 radical (unpaired) electrons. The second kappa shape index (κ2) is 8.53. The number of piperidine rings is 1. The molecule has 0 atom stereocenters. The number of carbonyl (C=O) groups excluding carboxylic acids is 2. The van der Waals surface area contributed by atoms with Crippen LogP contribution in [0.2, 0.25) is 0 Å². The predicted molar refractivity (Wildman–Crippen MR) is 105 cm³/mol. The number of amides is 3. The second-order valence-electron chi connectivity index (χ2n) is 8.50. The Morgan fingerprint density at radius 2 is 1.61 bits per heavy atom. The maximum absolute atomic E-state index is 12.6. The average molecular weight is 389 g/mol. The summed E-state index contributed by atoms with van der Waals surface area (Å²) in [6, 6.07) is 0.409. The molecule has 3 aliphatic rings. The fourth-order valence-corrected chi connectivity index (χ4v) is 4.70. The molecule has 4 rings (SSSR count). The zero-order valence-electron chi connectivity index (χ0n) is 16.9. The Bertz CT molecular complexity index is 697. The quantitative estimate of drug-likeness (QED) is 0.860. The van der Waals surface area contributed by atoms with Gasteiger partial charge in [0.05, 0.1) is 0 Å². The fraction of sp³-hybridized carbons (Fsp3) is 0.762. The molecule has 7 heteroatoms. The summed E-state index contributed by atoms with van der Waals surface area (Å²) in [5, 5.41) is 3.20. The molecule has 3 heterocycles. The van der Waals surface area contributed by atoms with Crippen molar-refractivity contribution >= 4 is 11.9 Å². The van der Waals surface area contributed by atoms with Crippen molar-refractivity contribution in [1.82, 2.24) is 20.1 Å². The summed E-state index contributed by atoms with van der Waals surface area (Å²) in [5.74, 6) is 1.45. The molecule has 1 aromatic rings. The zero-order chi connectivity index (χ0) is 19.5. The molecular formula is C21H32N4O3. The topological polar surface area (TPSA) is 78.7 Å². The van der Waals surface area contributed by atoms with Gasteiger partial charge in [0, 0.05) is 38.1 Å². The Morgan fingerprint density at radius 1 is 0.929 bits per heavy atom. The highest BCUT2D eigenvalue weighted by molar-refractivity contribution is 5.93. The minimum Gasteiger partial charge on any atom is -0.445 e. The molecule has 1 saturated carbocycles. The molecule has 3 amide bonds. The number of likely N-dealkylation sites (tertiary alicyclic amines) is 2. The summed E-state index contributed by atoms with van der Waals surface area (Å²) in [4.78, 5) is 33.5. The first-order valence-corrected chi connectivity index (χ1v) is 10.9. The molecule has 0 bridgehead atoms. The van der Waals surface area contributed by atoms with Gasteiger partial charge in [-0.15, -0.1) is 0 Å². The number of oxazole rings is 1. The van der Waals surface area contributed by atoms with Crippen LogP contribution in [0.25, 0.3) is 0 Å². The smallest absolute Gasteiger partial charge is 0.317 e. The first kappa shape index (κ1) is 19.3. The summed E-state index contributed by atoms with van der Waals surface area (Å²) in [6.45, 7) is 4.87. The van der Waals surface area contributed by atoms with Crippen LogP contribution in [0.1, 0.15) is 85.8 Å². The van der Waals surface area contributed by atoms with E-state index < -0.39 is 0 Å². The van der Waals surface area contributed by atoms with Crippen molar-refractivity contribution in [1.29, 1.82) is 0 Å². The van der Waals surface area contributed by atoms with Gasteiger partial charge in [0.15, 0.2) is 11.6 Å². The Morgan fingerprint density at radius 3 is 2.29 bits per heavy atom. The van der Waals surface area contributed by atoms with Crippen LogP contribution in [0.3, 0.4) is 0 Å². The largest absolute Gasteiger partial charge is 0.445 e. The highest BCUT2D eigenvalue weighted by Crippen LogP contribution is 2.30. The Kier molecular flexibility index (Phi) is 5.87. The lowest BCUT2D eigenvalue weighted by atomic mass is 9.95. The molecule has 28 heavy (non-hydrogen) atoms. The lowest BCUT2D eigenvalue weighted by Crippen LogP contribution is -2.48. The van der Waals surface area contributed by atoms with Crippen molar-refractivity contribution in [3.63, 3.8) is 0 Å². The van der Waals surface area contributed by atoms with Crippen LogP contribution in [0.5, 0.6) is 0 Å². The minimum atomic E-state index is -0.00528. The third-order valence-electron chi connectivity index (χ3n) is 6.47. The van der Waals surface area contributed by atoms with Gasteiger partial charge in [-0.3, -0.25) is 4.79 Å². The molecule has 1 aromatic heterocycles. The molecule has 3 fully saturated rings. The lowest BCUT2D eigenvalue weighted by Gasteiger charge is -2.33. The average Bonchev–Trinajstić information content (AvgIpc) is 3.38. The van der Waals surface area contributed by atoms with E-state index in [4.69, 9.17) is 4.42 Å². The SMILES string of the molecule is Cc1oc(C2CCN(C(=O)NC3CCCCC3)CC2)nc1C(=O)N1CCCC1. The molecular weight excluding hydrogens is 356 g/mol. The predicted octanol–water partition coefficient (Wildman–Crippen LogP) is 3.44. The van der Waals surface area contributed by atoms with Crippen molar-refractivity contribution in [2.75, 3.05) is 26.2 Å². The monoisotopic (exact) mass is 388 g/mol. The van der Waals surface area contributed by atoms with Crippen molar-refractivity contribution in [2.24, 2.45) is 0 Å². The normalized spacial score (nSPS) is 21.9. The molecule has 2 saturated heterocycles. The molecule has 1 N–H and O–H groups in total. The van der Waals surface area contributed by atoms with Gasteiger partial charge in [0.25, 0.3) is 5.91 Å². The Labute approximate surface area is 166 Å². The van der Waals surface area contributed by atoms with Crippen molar-refractivity contribution in [3.05, 3.63) is 17.3 Å². The Hall–Kier alpha value is -2.05. The molecule has 0 spiro atoms. The van der Waals surface area contributed by atoms with Gasteiger partial charge in [0.2, 0.25) is 0 Å². The van der Waals surface area contributed by atoms with Gasteiger partial charge in [0.1, 0.15) is 5.76 Å². The molecule has 1 aliphatic carbocycles.